The van der Waals surface area contributed by atoms with Crippen molar-refractivity contribution in [2.24, 2.45) is 0 Å². The minimum atomic E-state index is -3.33. The average Bonchev–Trinajstić information content (AvgIpc) is 2.27. The van der Waals surface area contributed by atoms with Crippen LogP contribution in [0.4, 0.5) is 0 Å². The van der Waals surface area contributed by atoms with Crippen molar-refractivity contribution >= 4 is 10.2 Å². The van der Waals surface area contributed by atoms with Crippen LogP contribution in [0.25, 0.3) is 0 Å². The van der Waals surface area contributed by atoms with Gasteiger partial charge in [0.15, 0.2) is 0 Å². The molecule has 16 heavy (non-hydrogen) atoms. The summed E-state index contributed by atoms with van der Waals surface area (Å²) in [5.74, 6) is 0. The Kier molecular flexibility index (Phi) is 5.63. The molecular formula is C9H21N3O3S. The zero-order valence-electron chi connectivity index (χ0n) is 9.90. The van der Waals surface area contributed by atoms with E-state index in [1.54, 1.807) is 7.11 Å². The summed E-state index contributed by atoms with van der Waals surface area (Å²) in [5, 5.41) is 3.12. The third-order valence-electron chi connectivity index (χ3n) is 2.52. The SMILES string of the molecule is COCCC(C)NS(=O)(=O)N1CCNCC1. The molecule has 1 atom stereocenters. The van der Waals surface area contributed by atoms with Crippen LogP contribution in [-0.2, 0) is 14.9 Å². The Morgan fingerprint density at radius 2 is 2.06 bits per heavy atom. The molecule has 1 saturated heterocycles. The van der Waals surface area contributed by atoms with Gasteiger partial charge in [0.05, 0.1) is 0 Å². The predicted octanol–water partition coefficient (Wildman–Crippen LogP) is -0.849. The van der Waals surface area contributed by atoms with Gasteiger partial charge in [-0.2, -0.15) is 17.4 Å². The van der Waals surface area contributed by atoms with Gasteiger partial charge in [-0.3, -0.25) is 0 Å². The first kappa shape index (κ1) is 13.9. The van der Waals surface area contributed by atoms with E-state index in [0.717, 1.165) is 0 Å². The van der Waals surface area contributed by atoms with E-state index < -0.39 is 10.2 Å². The van der Waals surface area contributed by atoms with Gasteiger partial charge in [0, 0.05) is 45.9 Å². The molecule has 96 valence electrons. The lowest BCUT2D eigenvalue weighted by molar-refractivity contribution is 0.187. The normalized spacial score (nSPS) is 20.9. The lowest BCUT2D eigenvalue weighted by Gasteiger charge is -2.28. The minimum absolute atomic E-state index is 0.0974. The fourth-order valence-electron chi connectivity index (χ4n) is 1.57. The maximum atomic E-state index is 11.9. The monoisotopic (exact) mass is 251 g/mol. The first-order valence-corrected chi connectivity index (χ1v) is 6.97. The number of rotatable bonds is 6. The number of hydrogen-bond acceptors (Lipinski definition) is 4. The lowest BCUT2D eigenvalue weighted by Crippen LogP contribution is -2.52. The van der Waals surface area contributed by atoms with E-state index in [9.17, 15) is 8.42 Å². The fourth-order valence-corrected chi connectivity index (χ4v) is 3.01. The van der Waals surface area contributed by atoms with E-state index in [2.05, 4.69) is 10.0 Å². The molecule has 1 heterocycles. The molecule has 1 fully saturated rings. The smallest absolute Gasteiger partial charge is 0.279 e. The Bertz CT molecular complexity index is 288. The quantitative estimate of drug-likeness (QED) is 0.645. The van der Waals surface area contributed by atoms with Crippen LogP contribution < -0.4 is 10.0 Å². The molecule has 2 N–H and O–H groups in total. The summed E-state index contributed by atoms with van der Waals surface area (Å²) in [7, 11) is -1.72. The number of piperazine rings is 1. The van der Waals surface area contributed by atoms with Crippen molar-refractivity contribution in [1.82, 2.24) is 14.3 Å². The molecule has 0 aromatic rings. The van der Waals surface area contributed by atoms with Crippen molar-refractivity contribution in [2.45, 2.75) is 19.4 Å². The molecular weight excluding hydrogens is 230 g/mol. The molecule has 0 saturated carbocycles. The molecule has 0 aliphatic carbocycles. The first-order chi connectivity index (χ1) is 7.56. The first-order valence-electron chi connectivity index (χ1n) is 5.53. The molecule has 1 aliphatic rings. The highest BCUT2D eigenvalue weighted by atomic mass is 32.2. The Balaban J connectivity index is 2.43. The van der Waals surface area contributed by atoms with Crippen molar-refractivity contribution < 1.29 is 13.2 Å². The molecule has 1 unspecified atom stereocenters. The van der Waals surface area contributed by atoms with Crippen molar-refractivity contribution in [3.63, 3.8) is 0 Å². The third kappa shape index (κ3) is 4.34. The van der Waals surface area contributed by atoms with Gasteiger partial charge in [-0.1, -0.05) is 0 Å². The fraction of sp³-hybridized carbons (Fsp3) is 1.00. The van der Waals surface area contributed by atoms with Gasteiger partial charge < -0.3 is 10.1 Å². The van der Waals surface area contributed by atoms with Crippen LogP contribution in [0.5, 0.6) is 0 Å². The van der Waals surface area contributed by atoms with Gasteiger partial charge in [-0.05, 0) is 13.3 Å². The summed E-state index contributed by atoms with van der Waals surface area (Å²) in [4.78, 5) is 0. The number of ether oxygens (including phenoxy) is 1. The van der Waals surface area contributed by atoms with E-state index in [1.165, 1.54) is 4.31 Å². The van der Waals surface area contributed by atoms with Crippen molar-refractivity contribution in [1.29, 1.82) is 0 Å². The number of nitrogens with zero attached hydrogens (tertiary/aromatic N) is 1. The second kappa shape index (κ2) is 6.51. The van der Waals surface area contributed by atoms with Crippen LogP contribution in [-0.4, -0.2) is 58.7 Å². The largest absolute Gasteiger partial charge is 0.385 e. The van der Waals surface area contributed by atoms with Gasteiger partial charge in [-0.15, -0.1) is 0 Å². The molecule has 0 radical (unpaired) electrons. The van der Waals surface area contributed by atoms with Crippen LogP contribution in [0.3, 0.4) is 0 Å². The summed E-state index contributed by atoms with van der Waals surface area (Å²) in [5.41, 5.74) is 0. The molecule has 0 amide bonds. The van der Waals surface area contributed by atoms with Gasteiger partial charge in [0.2, 0.25) is 0 Å². The summed E-state index contributed by atoms with van der Waals surface area (Å²) >= 11 is 0. The van der Waals surface area contributed by atoms with Gasteiger partial charge in [0.1, 0.15) is 0 Å². The van der Waals surface area contributed by atoms with Crippen LogP contribution >= 0.6 is 0 Å². The maximum Gasteiger partial charge on any atom is 0.279 e. The number of nitrogens with one attached hydrogen (secondary N) is 2. The highest BCUT2D eigenvalue weighted by Gasteiger charge is 2.24. The molecule has 1 rings (SSSR count). The standard InChI is InChI=1S/C9H21N3O3S/c1-9(3-8-15-2)11-16(13,14)12-6-4-10-5-7-12/h9-11H,3-8H2,1-2H3. The minimum Gasteiger partial charge on any atom is -0.385 e. The summed E-state index contributed by atoms with van der Waals surface area (Å²) in [6, 6.07) is -0.0974. The highest BCUT2D eigenvalue weighted by Crippen LogP contribution is 2.02. The summed E-state index contributed by atoms with van der Waals surface area (Å²) in [6.45, 7) is 4.91. The maximum absolute atomic E-state index is 11.9. The van der Waals surface area contributed by atoms with E-state index in [0.29, 0.717) is 39.2 Å². The van der Waals surface area contributed by atoms with E-state index in [1.807, 2.05) is 6.92 Å². The predicted molar refractivity (Wildman–Crippen MR) is 62.5 cm³/mol. The third-order valence-corrected chi connectivity index (χ3v) is 4.27. The average molecular weight is 251 g/mol. The van der Waals surface area contributed by atoms with Gasteiger partial charge >= 0.3 is 0 Å². The van der Waals surface area contributed by atoms with Crippen molar-refractivity contribution in [3.05, 3.63) is 0 Å². The second-order valence-electron chi connectivity index (χ2n) is 3.95. The van der Waals surface area contributed by atoms with Gasteiger partial charge in [0.25, 0.3) is 10.2 Å². The number of methoxy groups -OCH3 is 1. The molecule has 0 aromatic carbocycles. The summed E-state index contributed by atoms with van der Waals surface area (Å²) < 4.78 is 32.9. The zero-order valence-corrected chi connectivity index (χ0v) is 10.7. The Hall–Kier alpha value is -0.210. The molecule has 0 spiro atoms. The Morgan fingerprint density at radius 3 is 2.62 bits per heavy atom. The Labute approximate surface area is 97.5 Å². The zero-order chi connectivity index (χ0) is 12.0. The number of hydrogen-bond donors (Lipinski definition) is 2. The molecule has 1 aliphatic heterocycles. The van der Waals surface area contributed by atoms with Crippen LogP contribution in [0.1, 0.15) is 13.3 Å². The molecule has 0 aromatic heterocycles. The van der Waals surface area contributed by atoms with Crippen molar-refractivity contribution in [3.8, 4) is 0 Å². The lowest BCUT2D eigenvalue weighted by atomic mass is 10.3. The van der Waals surface area contributed by atoms with E-state index >= 15 is 0 Å². The van der Waals surface area contributed by atoms with Crippen LogP contribution in [0.15, 0.2) is 0 Å². The van der Waals surface area contributed by atoms with E-state index in [-0.39, 0.29) is 6.04 Å². The van der Waals surface area contributed by atoms with Crippen LogP contribution in [0, 0.1) is 0 Å². The summed E-state index contributed by atoms with van der Waals surface area (Å²) in [6.07, 6.45) is 0.682. The Morgan fingerprint density at radius 1 is 1.44 bits per heavy atom. The second-order valence-corrected chi connectivity index (χ2v) is 5.66. The molecule has 7 heteroatoms. The van der Waals surface area contributed by atoms with Gasteiger partial charge in [-0.25, -0.2) is 0 Å². The molecule has 6 nitrogen and oxygen atoms in total. The topological polar surface area (TPSA) is 70.7 Å². The van der Waals surface area contributed by atoms with Crippen LogP contribution in [0.2, 0.25) is 0 Å². The van der Waals surface area contributed by atoms with Crippen molar-refractivity contribution in [2.75, 3.05) is 39.9 Å². The van der Waals surface area contributed by atoms with E-state index in [4.69, 9.17) is 4.74 Å². The molecule has 0 bridgehead atoms. The highest BCUT2D eigenvalue weighted by molar-refractivity contribution is 7.87.